The van der Waals surface area contributed by atoms with Gasteiger partial charge in [0, 0.05) is 28.4 Å². The molecule has 1 atom stereocenters. The van der Waals surface area contributed by atoms with Crippen LogP contribution in [-0.2, 0) is 11.2 Å². The van der Waals surface area contributed by atoms with Gasteiger partial charge < -0.3 is 10.3 Å². The van der Waals surface area contributed by atoms with Crippen molar-refractivity contribution in [3.63, 3.8) is 0 Å². The van der Waals surface area contributed by atoms with E-state index in [0.29, 0.717) is 6.42 Å². The minimum atomic E-state index is 0.0978. The van der Waals surface area contributed by atoms with Crippen molar-refractivity contribution in [2.45, 2.75) is 32.2 Å². The molecule has 0 radical (unpaired) electrons. The first-order chi connectivity index (χ1) is 10.7. The van der Waals surface area contributed by atoms with Crippen molar-refractivity contribution in [1.29, 1.82) is 0 Å². The fourth-order valence-corrected chi connectivity index (χ4v) is 3.43. The Hall–Kier alpha value is -2.07. The summed E-state index contributed by atoms with van der Waals surface area (Å²) in [6, 6.07) is 12.5. The van der Waals surface area contributed by atoms with Crippen LogP contribution >= 0.6 is 11.3 Å². The molecule has 0 aliphatic rings. The van der Waals surface area contributed by atoms with Crippen LogP contribution in [0, 0.1) is 0 Å². The minimum absolute atomic E-state index is 0.0978. The highest BCUT2D eigenvalue weighted by Gasteiger charge is 2.10. The quantitative estimate of drug-likeness (QED) is 0.695. The van der Waals surface area contributed by atoms with Crippen molar-refractivity contribution in [1.82, 2.24) is 10.3 Å². The maximum atomic E-state index is 12.0. The number of thiophene rings is 1. The number of H-pyrrole nitrogens is 1. The van der Waals surface area contributed by atoms with Crippen molar-refractivity contribution >= 4 is 28.1 Å². The summed E-state index contributed by atoms with van der Waals surface area (Å²) >= 11 is 1.68. The van der Waals surface area contributed by atoms with Crippen LogP contribution in [0.15, 0.2) is 48.0 Å². The molecule has 4 heteroatoms. The summed E-state index contributed by atoms with van der Waals surface area (Å²) in [5.74, 6) is 0.126. The summed E-state index contributed by atoms with van der Waals surface area (Å²) in [4.78, 5) is 16.5. The van der Waals surface area contributed by atoms with Crippen molar-refractivity contribution in [3.05, 3.63) is 58.4 Å². The zero-order valence-electron chi connectivity index (χ0n) is 12.6. The molecule has 2 N–H and O–H groups in total. The van der Waals surface area contributed by atoms with Crippen molar-refractivity contribution < 1.29 is 4.79 Å². The lowest BCUT2D eigenvalue weighted by atomic mass is 10.1. The van der Waals surface area contributed by atoms with Gasteiger partial charge in [0.15, 0.2) is 0 Å². The van der Waals surface area contributed by atoms with Crippen LogP contribution in [0.4, 0.5) is 0 Å². The topological polar surface area (TPSA) is 44.9 Å². The number of amides is 1. The van der Waals surface area contributed by atoms with Crippen molar-refractivity contribution in [3.8, 4) is 0 Å². The molecule has 0 aliphatic heterocycles. The zero-order chi connectivity index (χ0) is 15.4. The van der Waals surface area contributed by atoms with Crippen LogP contribution in [0.25, 0.3) is 10.9 Å². The first-order valence-electron chi connectivity index (χ1n) is 7.62. The number of hydrogen-bond donors (Lipinski definition) is 2. The van der Waals surface area contributed by atoms with Crippen LogP contribution < -0.4 is 5.32 Å². The summed E-state index contributed by atoms with van der Waals surface area (Å²) in [6.45, 7) is 2.03. The average molecular weight is 312 g/mol. The van der Waals surface area contributed by atoms with E-state index in [2.05, 4.69) is 40.8 Å². The van der Waals surface area contributed by atoms with E-state index in [4.69, 9.17) is 0 Å². The largest absolute Gasteiger partial charge is 0.361 e. The molecule has 2 aromatic heterocycles. The third-order valence-corrected chi connectivity index (χ3v) is 4.93. The molecule has 0 spiro atoms. The Bertz CT molecular complexity index is 745. The van der Waals surface area contributed by atoms with Gasteiger partial charge in [0.25, 0.3) is 0 Å². The maximum absolute atomic E-state index is 12.0. The van der Waals surface area contributed by atoms with Gasteiger partial charge in [0.1, 0.15) is 0 Å². The molecule has 114 valence electrons. The summed E-state index contributed by atoms with van der Waals surface area (Å²) < 4.78 is 0. The Kier molecular flexibility index (Phi) is 4.59. The Balaban J connectivity index is 1.49. The second-order valence-electron chi connectivity index (χ2n) is 5.52. The number of aryl methyl sites for hydroxylation is 1. The average Bonchev–Trinajstić information content (AvgIpc) is 3.17. The molecule has 1 unspecified atom stereocenters. The summed E-state index contributed by atoms with van der Waals surface area (Å²) in [5.41, 5.74) is 2.45. The molecule has 1 aromatic carbocycles. The van der Waals surface area contributed by atoms with E-state index in [0.717, 1.165) is 18.4 Å². The highest BCUT2D eigenvalue weighted by atomic mass is 32.1. The monoisotopic (exact) mass is 312 g/mol. The first-order valence-corrected chi connectivity index (χ1v) is 8.50. The first kappa shape index (κ1) is 14.9. The van der Waals surface area contributed by atoms with E-state index in [9.17, 15) is 4.79 Å². The van der Waals surface area contributed by atoms with E-state index < -0.39 is 0 Å². The number of hydrogen-bond acceptors (Lipinski definition) is 2. The van der Waals surface area contributed by atoms with Gasteiger partial charge in [-0.1, -0.05) is 24.3 Å². The van der Waals surface area contributed by atoms with E-state index >= 15 is 0 Å². The SMILES string of the molecule is CC(NC(=O)CCCc1c[nH]c2ccccc12)c1cccs1. The number of aromatic amines is 1. The number of carbonyl (C=O) groups excluding carboxylic acids is 1. The highest BCUT2D eigenvalue weighted by molar-refractivity contribution is 7.10. The summed E-state index contributed by atoms with van der Waals surface area (Å²) in [6.07, 6.45) is 4.40. The lowest BCUT2D eigenvalue weighted by molar-refractivity contribution is -0.121. The lowest BCUT2D eigenvalue weighted by Crippen LogP contribution is -2.25. The molecule has 0 saturated heterocycles. The molecule has 3 nitrogen and oxygen atoms in total. The Morgan fingerprint density at radius 1 is 1.27 bits per heavy atom. The fourth-order valence-electron chi connectivity index (χ4n) is 2.70. The van der Waals surface area contributed by atoms with Gasteiger partial charge in [0.05, 0.1) is 6.04 Å². The number of fused-ring (bicyclic) bond motifs is 1. The molecule has 0 aliphatic carbocycles. The third kappa shape index (κ3) is 3.39. The van der Waals surface area contributed by atoms with Crippen LogP contribution in [0.2, 0.25) is 0 Å². The minimum Gasteiger partial charge on any atom is -0.361 e. The number of aromatic nitrogens is 1. The molecule has 0 saturated carbocycles. The van der Waals surface area contributed by atoms with Crippen LogP contribution in [0.1, 0.15) is 36.2 Å². The van der Waals surface area contributed by atoms with E-state index in [-0.39, 0.29) is 11.9 Å². The maximum Gasteiger partial charge on any atom is 0.220 e. The number of para-hydroxylation sites is 1. The molecule has 3 rings (SSSR count). The molecule has 0 bridgehead atoms. The van der Waals surface area contributed by atoms with Crippen molar-refractivity contribution in [2.75, 3.05) is 0 Å². The number of benzene rings is 1. The molecular formula is C18H20N2OS. The predicted octanol–water partition coefficient (Wildman–Crippen LogP) is 4.43. The number of rotatable bonds is 6. The smallest absolute Gasteiger partial charge is 0.220 e. The molecule has 3 aromatic rings. The summed E-state index contributed by atoms with van der Waals surface area (Å²) in [5, 5.41) is 6.36. The van der Waals surface area contributed by atoms with Crippen LogP contribution in [0.3, 0.4) is 0 Å². The van der Waals surface area contributed by atoms with Gasteiger partial charge in [-0.2, -0.15) is 0 Å². The van der Waals surface area contributed by atoms with Crippen LogP contribution in [-0.4, -0.2) is 10.9 Å². The van der Waals surface area contributed by atoms with E-state index in [1.165, 1.54) is 15.8 Å². The highest BCUT2D eigenvalue weighted by Crippen LogP contribution is 2.20. The van der Waals surface area contributed by atoms with Gasteiger partial charge in [-0.25, -0.2) is 0 Å². The van der Waals surface area contributed by atoms with E-state index in [1.54, 1.807) is 11.3 Å². The zero-order valence-corrected chi connectivity index (χ0v) is 13.5. The van der Waals surface area contributed by atoms with E-state index in [1.807, 2.05) is 24.4 Å². The Labute approximate surface area is 134 Å². The molecular weight excluding hydrogens is 292 g/mol. The number of nitrogens with one attached hydrogen (secondary N) is 2. The Morgan fingerprint density at radius 3 is 2.95 bits per heavy atom. The van der Waals surface area contributed by atoms with Crippen molar-refractivity contribution in [2.24, 2.45) is 0 Å². The Morgan fingerprint density at radius 2 is 2.14 bits per heavy atom. The van der Waals surface area contributed by atoms with Gasteiger partial charge in [-0.15, -0.1) is 11.3 Å². The molecule has 2 heterocycles. The van der Waals surface area contributed by atoms with Gasteiger partial charge in [-0.05, 0) is 42.8 Å². The van der Waals surface area contributed by atoms with Crippen LogP contribution in [0.5, 0.6) is 0 Å². The number of carbonyl (C=O) groups is 1. The molecule has 0 fully saturated rings. The van der Waals surface area contributed by atoms with Gasteiger partial charge in [-0.3, -0.25) is 4.79 Å². The second-order valence-corrected chi connectivity index (χ2v) is 6.50. The standard InChI is InChI=1S/C18H20N2OS/c1-13(17-9-5-11-22-17)20-18(21)10-4-6-14-12-19-16-8-3-2-7-15(14)16/h2-3,5,7-9,11-13,19H,4,6,10H2,1H3,(H,20,21). The fraction of sp³-hybridized carbons (Fsp3) is 0.278. The van der Waals surface area contributed by atoms with Gasteiger partial charge in [0.2, 0.25) is 5.91 Å². The predicted molar refractivity (Wildman–Crippen MR) is 92.1 cm³/mol. The third-order valence-electron chi connectivity index (χ3n) is 3.87. The van der Waals surface area contributed by atoms with Gasteiger partial charge >= 0.3 is 0 Å². The lowest BCUT2D eigenvalue weighted by Gasteiger charge is -2.12. The normalized spacial score (nSPS) is 12.4. The second kappa shape index (κ2) is 6.79. The summed E-state index contributed by atoms with van der Waals surface area (Å²) in [7, 11) is 0. The molecule has 1 amide bonds. The molecule has 22 heavy (non-hydrogen) atoms.